The summed E-state index contributed by atoms with van der Waals surface area (Å²) in [7, 11) is -3.55. The zero-order valence-electron chi connectivity index (χ0n) is 12.7. The van der Waals surface area contributed by atoms with Gasteiger partial charge in [-0.25, -0.2) is 8.42 Å². The second-order valence-corrected chi connectivity index (χ2v) is 8.20. The van der Waals surface area contributed by atoms with Crippen LogP contribution in [0.25, 0.3) is 0 Å². The Bertz CT molecular complexity index is 691. The van der Waals surface area contributed by atoms with Crippen molar-refractivity contribution in [2.75, 3.05) is 25.0 Å². The van der Waals surface area contributed by atoms with Crippen LogP contribution in [-0.4, -0.2) is 38.3 Å². The van der Waals surface area contributed by atoms with Gasteiger partial charge in [0.15, 0.2) is 6.61 Å². The summed E-state index contributed by atoms with van der Waals surface area (Å²) in [5.74, 6) is 0.916. The SMILES string of the molecule is CC1CC(C)CN(S(=O)(=O)c2ccc3c(c2)NC(=O)CO3)C1. The quantitative estimate of drug-likeness (QED) is 0.898. The van der Waals surface area contributed by atoms with Crippen molar-refractivity contribution in [1.82, 2.24) is 4.31 Å². The third kappa shape index (κ3) is 2.83. The molecule has 0 radical (unpaired) electrons. The van der Waals surface area contributed by atoms with Crippen LogP contribution < -0.4 is 10.1 Å². The minimum absolute atomic E-state index is 0.0414. The molecular weight excluding hydrogens is 304 g/mol. The number of nitrogens with zero attached hydrogens (tertiary/aromatic N) is 1. The molecule has 6 nitrogen and oxygen atoms in total. The van der Waals surface area contributed by atoms with Gasteiger partial charge in [0.25, 0.3) is 5.91 Å². The number of hydrogen-bond donors (Lipinski definition) is 1. The highest BCUT2D eigenvalue weighted by atomic mass is 32.2. The van der Waals surface area contributed by atoms with E-state index in [4.69, 9.17) is 4.74 Å². The Balaban J connectivity index is 1.92. The number of rotatable bonds is 2. The maximum atomic E-state index is 12.8. The van der Waals surface area contributed by atoms with E-state index in [1.54, 1.807) is 10.4 Å². The average Bonchev–Trinajstić information content (AvgIpc) is 2.45. The highest BCUT2D eigenvalue weighted by Crippen LogP contribution is 2.33. The lowest BCUT2D eigenvalue weighted by atomic mass is 9.94. The number of carbonyl (C=O) groups is 1. The van der Waals surface area contributed by atoms with Gasteiger partial charge in [0.05, 0.1) is 10.6 Å². The standard InChI is InChI=1S/C15H20N2O4S/c1-10-5-11(2)8-17(7-10)22(19,20)12-3-4-14-13(6-12)16-15(18)9-21-14/h3-4,6,10-11H,5,7-9H2,1-2H3,(H,16,18). The van der Waals surface area contributed by atoms with Gasteiger partial charge in [-0.15, -0.1) is 0 Å². The van der Waals surface area contributed by atoms with Crippen molar-refractivity contribution < 1.29 is 17.9 Å². The maximum Gasteiger partial charge on any atom is 0.262 e. The summed E-state index contributed by atoms with van der Waals surface area (Å²) in [4.78, 5) is 11.6. The first kappa shape index (κ1) is 15.3. The van der Waals surface area contributed by atoms with Gasteiger partial charge in [-0.05, 0) is 36.5 Å². The molecule has 0 saturated carbocycles. The molecule has 0 aromatic heterocycles. The monoisotopic (exact) mass is 324 g/mol. The molecule has 0 spiro atoms. The Morgan fingerprint density at radius 1 is 1.23 bits per heavy atom. The molecule has 1 aromatic carbocycles. The summed E-state index contributed by atoms with van der Waals surface area (Å²) in [6.45, 7) is 5.16. The minimum Gasteiger partial charge on any atom is -0.482 e. The predicted octanol–water partition coefficient (Wildman–Crippen LogP) is 1.68. The molecule has 1 N–H and O–H groups in total. The number of carbonyl (C=O) groups excluding carboxylic acids is 1. The Kier molecular flexibility index (Phi) is 3.86. The lowest BCUT2D eigenvalue weighted by Gasteiger charge is -2.34. The molecule has 2 heterocycles. The highest BCUT2D eigenvalue weighted by Gasteiger charge is 2.32. The molecule has 0 bridgehead atoms. The summed E-state index contributed by atoms with van der Waals surface area (Å²) in [6.07, 6.45) is 1.04. The van der Waals surface area contributed by atoms with Crippen LogP contribution in [0.15, 0.2) is 23.1 Å². The van der Waals surface area contributed by atoms with Crippen molar-refractivity contribution in [2.24, 2.45) is 11.8 Å². The van der Waals surface area contributed by atoms with Gasteiger partial charge in [-0.2, -0.15) is 4.31 Å². The molecule has 1 fully saturated rings. The largest absolute Gasteiger partial charge is 0.482 e. The van der Waals surface area contributed by atoms with Gasteiger partial charge in [0, 0.05) is 13.1 Å². The third-order valence-electron chi connectivity index (χ3n) is 4.06. The second kappa shape index (κ2) is 5.55. The number of benzene rings is 1. The van der Waals surface area contributed by atoms with Crippen LogP contribution in [0.5, 0.6) is 5.75 Å². The lowest BCUT2D eigenvalue weighted by Crippen LogP contribution is -2.42. The smallest absolute Gasteiger partial charge is 0.262 e. The maximum absolute atomic E-state index is 12.8. The summed E-state index contributed by atoms with van der Waals surface area (Å²) < 4.78 is 32.4. The first-order valence-corrected chi connectivity index (χ1v) is 8.87. The summed E-state index contributed by atoms with van der Waals surface area (Å²) in [5.41, 5.74) is 0.412. The van der Waals surface area contributed by atoms with Crippen molar-refractivity contribution in [2.45, 2.75) is 25.2 Å². The first-order chi connectivity index (χ1) is 10.4. The van der Waals surface area contributed by atoms with E-state index >= 15 is 0 Å². The molecule has 0 aliphatic carbocycles. The molecule has 120 valence electrons. The van der Waals surface area contributed by atoms with Gasteiger partial charge in [-0.1, -0.05) is 13.8 Å². The van der Waals surface area contributed by atoms with Crippen molar-refractivity contribution in [1.29, 1.82) is 0 Å². The number of piperidine rings is 1. The van der Waals surface area contributed by atoms with Gasteiger partial charge >= 0.3 is 0 Å². The number of sulfonamides is 1. The predicted molar refractivity (Wildman–Crippen MR) is 82.3 cm³/mol. The number of nitrogens with one attached hydrogen (secondary N) is 1. The first-order valence-electron chi connectivity index (χ1n) is 7.43. The molecule has 2 unspecified atom stereocenters. The molecule has 7 heteroatoms. The van der Waals surface area contributed by atoms with E-state index in [9.17, 15) is 13.2 Å². The molecule has 2 aliphatic heterocycles. The van der Waals surface area contributed by atoms with E-state index in [0.717, 1.165) is 6.42 Å². The number of amides is 1. The van der Waals surface area contributed by atoms with Crippen molar-refractivity contribution in [3.8, 4) is 5.75 Å². The van der Waals surface area contributed by atoms with E-state index in [2.05, 4.69) is 19.2 Å². The van der Waals surface area contributed by atoms with E-state index in [1.165, 1.54) is 12.1 Å². The summed E-state index contributed by atoms with van der Waals surface area (Å²) in [6, 6.07) is 4.61. The van der Waals surface area contributed by atoms with Crippen LogP contribution >= 0.6 is 0 Å². The molecule has 3 rings (SSSR count). The van der Waals surface area contributed by atoms with Gasteiger partial charge in [-0.3, -0.25) is 4.79 Å². The highest BCUT2D eigenvalue weighted by molar-refractivity contribution is 7.89. The number of fused-ring (bicyclic) bond motifs is 1. The van der Waals surface area contributed by atoms with Crippen LogP contribution in [0, 0.1) is 11.8 Å². The Hall–Kier alpha value is -1.60. The van der Waals surface area contributed by atoms with Gasteiger partial charge in [0.2, 0.25) is 10.0 Å². The fourth-order valence-corrected chi connectivity index (χ4v) is 4.88. The minimum atomic E-state index is -3.55. The van der Waals surface area contributed by atoms with E-state index in [0.29, 0.717) is 36.4 Å². The van der Waals surface area contributed by atoms with Crippen LogP contribution in [0.2, 0.25) is 0 Å². The fourth-order valence-electron chi connectivity index (χ4n) is 3.17. The van der Waals surface area contributed by atoms with E-state index < -0.39 is 10.0 Å². The Morgan fingerprint density at radius 3 is 2.59 bits per heavy atom. The molecule has 2 atom stereocenters. The third-order valence-corrected chi connectivity index (χ3v) is 5.88. The Labute approximate surface area is 130 Å². The van der Waals surface area contributed by atoms with E-state index in [-0.39, 0.29) is 17.4 Å². The molecule has 1 amide bonds. The zero-order valence-corrected chi connectivity index (χ0v) is 13.5. The number of ether oxygens (including phenoxy) is 1. The van der Waals surface area contributed by atoms with Gasteiger partial charge in [0.1, 0.15) is 5.75 Å². The van der Waals surface area contributed by atoms with Crippen LogP contribution in [0.3, 0.4) is 0 Å². The van der Waals surface area contributed by atoms with Crippen molar-refractivity contribution >= 4 is 21.6 Å². The van der Waals surface area contributed by atoms with Crippen molar-refractivity contribution in [3.05, 3.63) is 18.2 Å². The van der Waals surface area contributed by atoms with Crippen LogP contribution in [-0.2, 0) is 14.8 Å². The van der Waals surface area contributed by atoms with Crippen LogP contribution in [0.4, 0.5) is 5.69 Å². The van der Waals surface area contributed by atoms with Crippen molar-refractivity contribution in [3.63, 3.8) is 0 Å². The molecule has 1 aromatic rings. The fraction of sp³-hybridized carbons (Fsp3) is 0.533. The molecule has 2 aliphatic rings. The summed E-state index contributed by atoms with van der Waals surface area (Å²) >= 11 is 0. The van der Waals surface area contributed by atoms with E-state index in [1.807, 2.05) is 0 Å². The zero-order chi connectivity index (χ0) is 15.9. The molecular formula is C15H20N2O4S. The molecule has 22 heavy (non-hydrogen) atoms. The summed E-state index contributed by atoms with van der Waals surface area (Å²) in [5, 5.41) is 2.65. The molecule has 1 saturated heterocycles. The number of hydrogen-bond acceptors (Lipinski definition) is 4. The average molecular weight is 324 g/mol. The Morgan fingerprint density at radius 2 is 1.91 bits per heavy atom. The topological polar surface area (TPSA) is 75.7 Å². The normalized spacial score (nSPS) is 26.0. The van der Waals surface area contributed by atoms with Crippen LogP contribution in [0.1, 0.15) is 20.3 Å². The second-order valence-electron chi connectivity index (χ2n) is 6.26. The lowest BCUT2D eigenvalue weighted by molar-refractivity contribution is -0.118. The number of anilines is 1. The van der Waals surface area contributed by atoms with Gasteiger partial charge < -0.3 is 10.1 Å².